The largest absolute Gasteiger partial charge is 0.383 e. The third kappa shape index (κ3) is 3.08. The van der Waals surface area contributed by atoms with E-state index in [1.807, 2.05) is 0 Å². The lowest BCUT2D eigenvalue weighted by molar-refractivity contribution is 0.180. The summed E-state index contributed by atoms with van der Waals surface area (Å²) in [5, 5.41) is 0. The maximum Gasteiger partial charge on any atom is 0.151 e. The van der Waals surface area contributed by atoms with Crippen molar-refractivity contribution < 1.29 is 4.74 Å². The molecule has 1 saturated heterocycles. The number of anilines is 1. The van der Waals surface area contributed by atoms with Crippen LogP contribution in [0.5, 0.6) is 0 Å². The molecule has 0 aromatic carbocycles. The van der Waals surface area contributed by atoms with Crippen LogP contribution in [0, 0.1) is 0 Å². The summed E-state index contributed by atoms with van der Waals surface area (Å²) in [6.07, 6.45) is 4.18. The molecule has 0 amide bonds. The van der Waals surface area contributed by atoms with Crippen molar-refractivity contribution in [3.63, 3.8) is 0 Å². The number of aryl methyl sites for hydroxylation is 2. The summed E-state index contributed by atoms with van der Waals surface area (Å²) < 4.78 is 6.22. The first-order valence-corrected chi connectivity index (χ1v) is 7.81. The Hall–Kier alpha value is -0.680. The monoisotopic (exact) mass is 327 g/mol. The van der Waals surface area contributed by atoms with Gasteiger partial charge in [0.15, 0.2) is 5.82 Å². The van der Waals surface area contributed by atoms with Gasteiger partial charge in [0.2, 0.25) is 0 Å². The van der Waals surface area contributed by atoms with Gasteiger partial charge in [-0.05, 0) is 41.6 Å². The number of nitrogens with zero attached hydrogens (tertiary/aromatic N) is 3. The average Bonchev–Trinajstić information content (AvgIpc) is 2.87. The Balaban J connectivity index is 2.36. The average molecular weight is 328 g/mol. The minimum Gasteiger partial charge on any atom is -0.383 e. The molecule has 0 bridgehead atoms. The lowest BCUT2D eigenvalue weighted by Gasteiger charge is -2.27. The zero-order valence-corrected chi connectivity index (χ0v) is 13.5. The summed E-state index contributed by atoms with van der Waals surface area (Å²) in [5.41, 5.74) is 2.11. The van der Waals surface area contributed by atoms with Crippen molar-refractivity contribution in [2.45, 2.75) is 45.6 Å². The van der Waals surface area contributed by atoms with E-state index in [0.717, 1.165) is 47.8 Å². The SMILES string of the molecule is CCc1nc(N2CCCC2COC)c(CC)nc1Br. The molecule has 0 spiro atoms. The fourth-order valence-electron chi connectivity index (χ4n) is 2.64. The lowest BCUT2D eigenvalue weighted by Crippen LogP contribution is -2.34. The summed E-state index contributed by atoms with van der Waals surface area (Å²) in [6, 6.07) is 0.440. The Bertz CT molecular complexity index is 439. The van der Waals surface area contributed by atoms with Gasteiger partial charge in [-0.15, -0.1) is 0 Å². The maximum atomic E-state index is 5.33. The van der Waals surface area contributed by atoms with Crippen LogP contribution < -0.4 is 4.90 Å². The second-order valence-electron chi connectivity index (χ2n) is 4.88. The van der Waals surface area contributed by atoms with Gasteiger partial charge in [0, 0.05) is 13.7 Å². The van der Waals surface area contributed by atoms with Crippen LogP contribution in [0.25, 0.3) is 0 Å². The first-order valence-electron chi connectivity index (χ1n) is 7.02. The molecular weight excluding hydrogens is 306 g/mol. The van der Waals surface area contributed by atoms with Gasteiger partial charge in [-0.25, -0.2) is 9.97 Å². The van der Waals surface area contributed by atoms with Crippen molar-refractivity contribution >= 4 is 21.7 Å². The van der Waals surface area contributed by atoms with E-state index in [0.29, 0.717) is 6.04 Å². The van der Waals surface area contributed by atoms with Crippen molar-refractivity contribution in [2.75, 3.05) is 25.2 Å². The molecule has 2 rings (SSSR count). The molecule has 0 radical (unpaired) electrons. The zero-order chi connectivity index (χ0) is 13.8. The Morgan fingerprint density at radius 2 is 2.00 bits per heavy atom. The van der Waals surface area contributed by atoms with Crippen molar-refractivity contribution in [1.82, 2.24) is 9.97 Å². The second-order valence-corrected chi connectivity index (χ2v) is 5.63. The van der Waals surface area contributed by atoms with Crippen molar-refractivity contribution in [3.8, 4) is 0 Å². The highest BCUT2D eigenvalue weighted by Gasteiger charge is 2.28. The predicted octanol–water partition coefficient (Wildman–Crippen LogP) is 2.98. The fourth-order valence-corrected chi connectivity index (χ4v) is 3.23. The van der Waals surface area contributed by atoms with Crippen LogP contribution in [0.2, 0.25) is 0 Å². The lowest BCUT2D eigenvalue weighted by atomic mass is 10.2. The molecule has 2 heterocycles. The summed E-state index contributed by atoms with van der Waals surface area (Å²) in [4.78, 5) is 11.9. The van der Waals surface area contributed by atoms with Gasteiger partial charge in [0.25, 0.3) is 0 Å². The molecule has 1 aromatic rings. The van der Waals surface area contributed by atoms with Crippen LogP contribution in [0.15, 0.2) is 4.60 Å². The van der Waals surface area contributed by atoms with Crippen LogP contribution in [0.3, 0.4) is 0 Å². The molecule has 5 heteroatoms. The van der Waals surface area contributed by atoms with Crippen molar-refractivity contribution in [2.24, 2.45) is 0 Å². The normalized spacial score (nSPS) is 19.2. The van der Waals surface area contributed by atoms with Crippen molar-refractivity contribution in [3.05, 3.63) is 16.0 Å². The predicted molar refractivity (Wildman–Crippen MR) is 80.7 cm³/mol. The summed E-state index contributed by atoms with van der Waals surface area (Å²) in [7, 11) is 1.77. The van der Waals surface area contributed by atoms with Crippen LogP contribution in [-0.2, 0) is 17.6 Å². The Labute approximate surface area is 123 Å². The summed E-state index contributed by atoms with van der Waals surface area (Å²) in [6.45, 7) is 6.07. The quantitative estimate of drug-likeness (QED) is 0.833. The number of hydrogen-bond donors (Lipinski definition) is 0. The van der Waals surface area contributed by atoms with Crippen LogP contribution in [0.4, 0.5) is 5.82 Å². The summed E-state index contributed by atoms with van der Waals surface area (Å²) >= 11 is 3.52. The van der Waals surface area contributed by atoms with Crippen LogP contribution in [-0.4, -0.2) is 36.3 Å². The van der Waals surface area contributed by atoms with Gasteiger partial charge in [-0.1, -0.05) is 13.8 Å². The molecule has 19 heavy (non-hydrogen) atoms. The zero-order valence-electron chi connectivity index (χ0n) is 11.9. The molecule has 1 fully saturated rings. The van der Waals surface area contributed by atoms with E-state index in [1.54, 1.807) is 7.11 Å². The number of hydrogen-bond acceptors (Lipinski definition) is 4. The molecule has 0 saturated carbocycles. The van der Waals surface area contributed by atoms with Gasteiger partial charge < -0.3 is 9.64 Å². The molecule has 0 N–H and O–H groups in total. The van der Waals surface area contributed by atoms with Gasteiger partial charge in [0.1, 0.15) is 4.60 Å². The topological polar surface area (TPSA) is 38.2 Å². The van der Waals surface area contributed by atoms with Crippen molar-refractivity contribution in [1.29, 1.82) is 0 Å². The molecule has 1 unspecified atom stereocenters. The van der Waals surface area contributed by atoms with E-state index in [-0.39, 0.29) is 0 Å². The highest BCUT2D eigenvalue weighted by Crippen LogP contribution is 2.29. The highest BCUT2D eigenvalue weighted by atomic mass is 79.9. The molecule has 1 aromatic heterocycles. The summed E-state index contributed by atoms with van der Waals surface area (Å²) in [5.74, 6) is 1.06. The van der Waals surface area contributed by atoms with Gasteiger partial charge in [-0.2, -0.15) is 0 Å². The second kappa shape index (κ2) is 6.66. The number of methoxy groups -OCH3 is 1. The number of halogens is 1. The van der Waals surface area contributed by atoms with Gasteiger partial charge >= 0.3 is 0 Å². The third-order valence-electron chi connectivity index (χ3n) is 3.65. The Kier molecular flexibility index (Phi) is 5.16. The standard InChI is InChI=1S/C14H22BrN3O/c1-4-11-13(15)16-12(5-2)14(17-11)18-8-6-7-10(18)9-19-3/h10H,4-9H2,1-3H3. The van der Waals surface area contributed by atoms with Crippen LogP contribution in [0.1, 0.15) is 38.1 Å². The molecule has 1 aliphatic rings. The Morgan fingerprint density at radius 1 is 1.26 bits per heavy atom. The molecule has 1 atom stereocenters. The molecule has 106 valence electrons. The maximum absolute atomic E-state index is 5.33. The molecule has 4 nitrogen and oxygen atoms in total. The molecular formula is C14H22BrN3O. The number of rotatable bonds is 5. The first kappa shape index (κ1) is 14.7. The Morgan fingerprint density at radius 3 is 2.63 bits per heavy atom. The minimum absolute atomic E-state index is 0.440. The van der Waals surface area contributed by atoms with E-state index in [2.05, 4.69) is 39.7 Å². The molecule has 1 aliphatic heterocycles. The fraction of sp³-hybridized carbons (Fsp3) is 0.714. The minimum atomic E-state index is 0.440. The molecule has 0 aliphatic carbocycles. The van der Waals surface area contributed by atoms with Crippen LogP contribution >= 0.6 is 15.9 Å². The highest BCUT2D eigenvalue weighted by molar-refractivity contribution is 9.10. The van der Waals surface area contributed by atoms with E-state index >= 15 is 0 Å². The van der Waals surface area contributed by atoms with Gasteiger partial charge in [-0.3, -0.25) is 0 Å². The number of aromatic nitrogens is 2. The first-order chi connectivity index (χ1) is 9.21. The third-order valence-corrected chi connectivity index (χ3v) is 4.28. The van der Waals surface area contributed by atoms with E-state index in [1.165, 1.54) is 12.8 Å². The van der Waals surface area contributed by atoms with E-state index in [4.69, 9.17) is 9.72 Å². The van der Waals surface area contributed by atoms with E-state index < -0.39 is 0 Å². The van der Waals surface area contributed by atoms with E-state index in [9.17, 15) is 0 Å². The number of ether oxygens (including phenoxy) is 1. The smallest absolute Gasteiger partial charge is 0.151 e. The van der Waals surface area contributed by atoms with Gasteiger partial charge in [0.05, 0.1) is 24.0 Å².